The Balaban J connectivity index is 1.11. The van der Waals surface area contributed by atoms with E-state index in [2.05, 4.69) is 129 Å². The summed E-state index contributed by atoms with van der Waals surface area (Å²) in [5, 5.41) is 9.68. The Morgan fingerprint density at radius 2 is 1.11 bits per heavy atom. The van der Waals surface area contributed by atoms with Gasteiger partial charge in [0.15, 0.2) is 17.5 Å². The van der Waals surface area contributed by atoms with E-state index in [1.54, 1.807) is 0 Å². The highest BCUT2D eigenvalue weighted by atomic mass is 15.0. The molecule has 56 heavy (non-hydrogen) atoms. The highest BCUT2D eigenvalue weighted by Crippen LogP contribution is 2.54. The number of fused-ring (bicyclic) bond motifs is 2. The molecule has 0 saturated heterocycles. The third-order valence-electron chi connectivity index (χ3n) is 12.4. The Labute approximate surface area is 331 Å². The summed E-state index contributed by atoms with van der Waals surface area (Å²) in [5.74, 6) is 4.37. The molecule has 4 nitrogen and oxygen atoms in total. The number of hydrogen-bond acceptors (Lipinski definition) is 4. The number of aromatic nitrogens is 3. The molecule has 1 aromatic heterocycles. The van der Waals surface area contributed by atoms with E-state index in [-0.39, 0.29) is 5.41 Å². The van der Waals surface area contributed by atoms with Crippen LogP contribution in [0.2, 0.25) is 0 Å². The normalized spacial score (nSPS) is 20.3. The lowest BCUT2D eigenvalue weighted by Crippen LogP contribution is -2.42. The van der Waals surface area contributed by atoms with Gasteiger partial charge in [-0.05, 0) is 112 Å². The van der Waals surface area contributed by atoms with E-state index in [9.17, 15) is 5.26 Å². The van der Waals surface area contributed by atoms with Gasteiger partial charge in [0.05, 0.1) is 11.6 Å². The van der Waals surface area contributed by atoms with Gasteiger partial charge < -0.3 is 0 Å². The second-order valence-electron chi connectivity index (χ2n) is 16.3. The Morgan fingerprint density at radius 1 is 0.536 bits per heavy atom. The molecule has 4 atom stereocenters. The molecule has 9 rings (SSSR count). The maximum atomic E-state index is 9.68. The molecule has 1 heterocycles. The van der Waals surface area contributed by atoms with Gasteiger partial charge in [-0.2, -0.15) is 5.26 Å². The van der Waals surface area contributed by atoms with E-state index in [0.29, 0.717) is 23.0 Å². The molecular formula is C52H46N4. The van der Waals surface area contributed by atoms with Crippen LogP contribution in [0.4, 0.5) is 0 Å². The summed E-state index contributed by atoms with van der Waals surface area (Å²) < 4.78 is 0. The summed E-state index contributed by atoms with van der Waals surface area (Å²) >= 11 is 0. The van der Waals surface area contributed by atoms with Crippen molar-refractivity contribution >= 4 is 0 Å². The molecule has 6 aromatic carbocycles. The van der Waals surface area contributed by atoms with E-state index >= 15 is 0 Å². The van der Waals surface area contributed by atoms with Crippen molar-refractivity contribution in [3.63, 3.8) is 0 Å². The SMILES string of the molecule is CC[C@@H]1C[C@@H]2C[C@H](C)CC(c3ccc(-c4nc(-c5ccc(-c6ccc(C#N)cc6-c6ccccc6)cc5)nc(-c5cccc(-c6ccccc6)c5)n4)cc3)(C1)C2. The highest BCUT2D eigenvalue weighted by Gasteiger charge is 2.45. The molecule has 0 aliphatic heterocycles. The quantitative estimate of drug-likeness (QED) is 0.156. The van der Waals surface area contributed by atoms with Crippen LogP contribution in [0, 0.1) is 29.1 Å². The molecule has 2 saturated carbocycles. The molecule has 2 fully saturated rings. The molecule has 7 aromatic rings. The van der Waals surface area contributed by atoms with Crippen LogP contribution < -0.4 is 0 Å². The van der Waals surface area contributed by atoms with Gasteiger partial charge in [0.2, 0.25) is 0 Å². The zero-order valence-electron chi connectivity index (χ0n) is 32.2. The van der Waals surface area contributed by atoms with E-state index in [1.807, 2.05) is 42.5 Å². The molecule has 2 aliphatic rings. The van der Waals surface area contributed by atoms with Crippen molar-refractivity contribution in [2.75, 3.05) is 0 Å². The van der Waals surface area contributed by atoms with Crippen molar-refractivity contribution in [1.82, 2.24) is 15.0 Å². The van der Waals surface area contributed by atoms with Gasteiger partial charge in [-0.1, -0.05) is 154 Å². The van der Waals surface area contributed by atoms with Gasteiger partial charge >= 0.3 is 0 Å². The average Bonchev–Trinajstić information content (AvgIpc) is 3.26. The monoisotopic (exact) mass is 726 g/mol. The van der Waals surface area contributed by atoms with Crippen molar-refractivity contribution in [2.45, 2.75) is 57.8 Å². The molecule has 1 unspecified atom stereocenters. The first-order valence-corrected chi connectivity index (χ1v) is 20.2. The van der Waals surface area contributed by atoms with Crippen LogP contribution in [0.25, 0.3) is 67.5 Å². The lowest BCUT2D eigenvalue weighted by Gasteiger charge is -2.51. The van der Waals surface area contributed by atoms with E-state index in [4.69, 9.17) is 15.0 Å². The molecule has 0 radical (unpaired) electrons. The Morgan fingerprint density at radius 3 is 1.77 bits per heavy atom. The molecule has 0 amide bonds. The summed E-state index contributed by atoms with van der Waals surface area (Å²) in [7, 11) is 0. The van der Waals surface area contributed by atoms with Crippen LogP contribution in [-0.4, -0.2) is 15.0 Å². The molecule has 0 N–H and O–H groups in total. The molecule has 2 aliphatic carbocycles. The molecule has 4 heteroatoms. The molecule has 274 valence electrons. The minimum Gasteiger partial charge on any atom is -0.208 e. The minimum absolute atomic E-state index is 0.268. The number of nitrogens with zero attached hydrogens (tertiary/aromatic N) is 4. The molecule has 0 spiro atoms. The van der Waals surface area contributed by atoms with Crippen molar-refractivity contribution in [3.8, 4) is 73.6 Å². The van der Waals surface area contributed by atoms with E-state index in [1.165, 1.54) is 44.1 Å². The molecular weight excluding hydrogens is 681 g/mol. The fourth-order valence-electron chi connectivity index (χ4n) is 9.88. The lowest BCUT2D eigenvalue weighted by atomic mass is 9.54. The van der Waals surface area contributed by atoms with Crippen LogP contribution in [0.3, 0.4) is 0 Å². The zero-order chi connectivity index (χ0) is 38.1. The largest absolute Gasteiger partial charge is 0.208 e. The molecule has 2 bridgehead atoms. The van der Waals surface area contributed by atoms with Gasteiger partial charge in [-0.25, -0.2) is 15.0 Å². The third kappa shape index (κ3) is 7.06. The van der Waals surface area contributed by atoms with Crippen LogP contribution in [0.15, 0.2) is 152 Å². The number of benzene rings is 6. The van der Waals surface area contributed by atoms with Gasteiger partial charge in [-0.15, -0.1) is 0 Å². The predicted octanol–water partition coefficient (Wildman–Crippen LogP) is 13.2. The maximum absolute atomic E-state index is 9.68. The fraction of sp³-hybridized carbons (Fsp3) is 0.231. The fourth-order valence-corrected chi connectivity index (χ4v) is 9.88. The van der Waals surface area contributed by atoms with E-state index in [0.717, 1.165) is 67.8 Å². The van der Waals surface area contributed by atoms with Crippen LogP contribution in [0.5, 0.6) is 0 Å². The average molecular weight is 727 g/mol. The first kappa shape index (κ1) is 35.5. The van der Waals surface area contributed by atoms with Crippen LogP contribution >= 0.6 is 0 Å². The summed E-state index contributed by atoms with van der Waals surface area (Å²) in [6.07, 6.45) is 7.94. The van der Waals surface area contributed by atoms with Crippen molar-refractivity contribution in [1.29, 1.82) is 5.26 Å². The number of rotatable bonds is 8. The Kier molecular flexibility index (Phi) is 9.61. The number of hydrogen-bond donors (Lipinski definition) is 0. The van der Waals surface area contributed by atoms with Crippen molar-refractivity contribution < 1.29 is 0 Å². The van der Waals surface area contributed by atoms with Gasteiger partial charge in [0, 0.05) is 16.7 Å². The topological polar surface area (TPSA) is 62.5 Å². The Hall–Kier alpha value is -6.18. The van der Waals surface area contributed by atoms with Gasteiger partial charge in [0.1, 0.15) is 0 Å². The predicted molar refractivity (Wildman–Crippen MR) is 228 cm³/mol. The lowest BCUT2D eigenvalue weighted by molar-refractivity contribution is 0.0702. The van der Waals surface area contributed by atoms with E-state index < -0.39 is 0 Å². The highest BCUT2D eigenvalue weighted by molar-refractivity contribution is 5.85. The van der Waals surface area contributed by atoms with Gasteiger partial charge in [0.25, 0.3) is 0 Å². The standard InChI is InChI=1S/C52H46N4/c1-3-36-28-38-27-35(2)31-52(32-36,33-38)46-24-22-43(23-25-46)50-54-49(55-51(56-50)45-16-10-15-44(30-45)39-11-6-4-7-12-39)42-20-18-41(19-21-42)47-26-17-37(34-53)29-48(47)40-13-8-5-9-14-40/h4-26,29-30,35-36,38H,3,27-28,31-33H2,1-2H3/t35-,36+,38-,52?/m0/s1. The zero-order valence-corrected chi connectivity index (χ0v) is 32.2. The van der Waals surface area contributed by atoms with Crippen molar-refractivity contribution in [2.24, 2.45) is 17.8 Å². The third-order valence-corrected chi connectivity index (χ3v) is 12.4. The minimum atomic E-state index is 0.268. The summed E-state index contributed by atoms with van der Waals surface area (Å²) in [6, 6.07) is 55.1. The summed E-state index contributed by atoms with van der Waals surface area (Å²) in [5.41, 5.74) is 11.8. The van der Waals surface area contributed by atoms with Gasteiger partial charge in [-0.3, -0.25) is 0 Å². The first-order chi connectivity index (χ1) is 27.5. The van der Waals surface area contributed by atoms with Crippen LogP contribution in [0.1, 0.15) is 63.5 Å². The maximum Gasteiger partial charge on any atom is 0.164 e. The first-order valence-electron chi connectivity index (χ1n) is 20.2. The summed E-state index contributed by atoms with van der Waals surface area (Å²) in [4.78, 5) is 15.4. The second kappa shape index (κ2) is 15.2. The van der Waals surface area contributed by atoms with Crippen molar-refractivity contribution in [3.05, 3.63) is 163 Å². The second-order valence-corrected chi connectivity index (χ2v) is 16.3. The van der Waals surface area contributed by atoms with Crippen LogP contribution in [-0.2, 0) is 5.41 Å². The summed E-state index contributed by atoms with van der Waals surface area (Å²) in [6.45, 7) is 4.83. The number of nitriles is 1. The Bertz CT molecular complexity index is 2520. The smallest absolute Gasteiger partial charge is 0.164 e.